The summed E-state index contributed by atoms with van der Waals surface area (Å²) in [5.41, 5.74) is 4.21. The second kappa shape index (κ2) is 8.73. The Labute approximate surface area is 173 Å². The molecule has 0 radical (unpaired) electrons. The molecule has 1 amide bonds. The van der Waals surface area contributed by atoms with Crippen molar-refractivity contribution in [3.05, 3.63) is 59.7 Å². The lowest BCUT2D eigenvalue weighted by atomic mass is 9.85. The minimum absolute atomic E-state index is 0.107. The van der Waals surface area contributed by atoms with Crippen molar-refractivity contribution < 1.29 is 14.3 Å². The van der Waals surface area contributed by atoms with Gasteiger partial charge in [0.2, 0.25) is 5.91 Å². The molecule has 154 valence electrons. The molecule has 0 aliphatic carbocycles. The number of carbonyl (C=O) groups is 1. The molecule has 1 N–H and O–H groups in total. The van der Waals surface area contributed by atoms with E-state index >= 15 is 0 Å². The zero-order valence-corrected chi connectivity index (χ0v) is 18.0. The third kappa shape index (κ3) is 5.63. The number of hydrogen-bond donors (Lipinski definition) is 1. The summed E-state index contributed by atoms with van der Waals surface area (Å²) in [6, 6.07) is 14.0. The van der Waals surface area contributed by atoms with Crippen molar-refractivity contribution in [2.75, 3.05) is 18.5 Å². The van der Waals surface area contributed by atoms with Gasteiger partial charge in [-0.05, 0) is 46.6 Å². The fraction of sp³-hybridized carbons (Fsp3) is 0.400. The number of nitrogens with one attached hydrogen (secondary N) is 1. The Balaban J connectivity index is 1.80. The standard InChI is InChI=1S/C25H31NO3/c1-17(2)14-19(18-6-8-20(9-7-18)25(3,4)5)15-24(27)26-21-10-11-22-23(16-21)29-13-12-28-22/h6-11,15-17H,12-14H2,1-5H3,(H,26,27)/b19-15-. The number of benzene rings is 2. The summed E-state index contributed by atoms with van der Waals surface area (Å²) in [6.45, 7) is 12.0. The minimum atomic E-state index is -0.141. The fourth-order valence-corrected chi connectivity index (χ4v) is 3.34. The van der Waals surface area contributed by atoms with E-state index in [0.717, 1.165) is 17.6 Å². The first-order valence-corrected chi connectivity index (χ1v) is 10.2. The molecule has 3 rings (SSSR count). The Morgan fingerprint density at radius 1 is 1.03 bits per heavy atom. The molecule has 1 aliphatic heterocycles. The maximum atomic E-state index is 12.7. The number of allylic oxidation sites excluding steroid dienone is 1. The van der Waals surface area contributed by atoms with E-state index in [-0.39, 0.29) is 11.3 Å². The van der Waals surface area contributed by atoms with Crippen LogP contribution in [0.25, 0.3) is 5.57 Å². The third-order valence-corrected chi connectivity index (χ3v) is 4.86. The molecule has 2 aromatic carbocycles. The Hall–Kier alpha value is -2.75. The second-order valence-electron chi connectivity index (χ2n) is 8.94. The molecule has 0 atom stereocenters. The van der Waals surface area contributed by atoms with Gasteiger partial charge in [-0.2, -0.15) is 0 Å². The fourth-order valence-electron chi connectivity index (χ4n) is 3.34. The number of rotatable bonds is 5. The first-order valence-electron chi connectivity index (χ1n) is 10.2. The lowest BCUT2D eigenvalue weighted by Crippen LogP contribution is -2.16. The third-order valence-electron chi connectivity index (χ3n) is 4.86. The summed E-state index contributed by atoms with van der Waals surface area (Å²) in [4.78, 5) is 12.7. The van der Waals surface area contributed by atoms with Crippen LogP contribution in [-0.4, -0.2) is 19.1 Å². The summed E-state index contributed by atoms with van der Waals surface area (Å²) in [5, 5.41) is 2.95. The molecule has 0 saturated heterocycles. The monoisotopic (exact) mass is 393 g/mol. The summed E-state index contributed by atoms with van der Waals surface area (Å²) in [7, 11) is 0. The maximum Gasteiger partial charge on any atom is 0.248 e. The molecule has 0 fully saturated rings. The number of amides is 1. The lowest BCUT2D eigenvalue weighted by Gasteiger charge is -2.20. The first kappa shape index (κ1) is 21.0. The Morgan fingerprint density at radius 2 is 1.69 bits per heavy atom. The zero-order valence-electron chi connectivity index (χ0n) is 18.0. The van der Waals surface area contributed by atoms with Gasteiger partial charge in [0.15, 0.2) is 11.5 Å². The van der Waals surface area contributed by atoms with E-state index in [1.54, 1.807) is 12.1 Å². The van der Waals surface area contributed by atoms with Gasteiger partial charge in [-0.3, -0.25) is 4.79 Å². The molecule has 1 aliphatic rings. The molecule has 0 unspecified atom stereocenters. The van der Waals surface area contributed by atoms with Crippen molar-refractivity contribution >= 4 is 17.2 Å². The van der Waals surface area contributed by atoms with Gasteiger partial charge < -0.3 is 14.8 Å². The molecular weight excluding hydrogens is 362 g/mol. The average Bonchev–Trinajstić information content (AvgIpc) is 2.66. The van der Waals surface area contributed by atoms with E-state index in [2.05, 4.69) is 64.2 Å². The van der Waals surface area contributed by atoms with Gasteiger partial charge in [0.1, 0.15) is 13.2 Å². The van der Waals surface area contributed by atoms with Crippen LogP contribution in [0.3, 0.4) is 0 Å². The molecule has 0 saturated carbocycles. The van der Waals surface area contributed by atoms with Crippen LogP contribution in [0.15, 0.2) is 48.5 Å². The summed E-state index contributed by atoms with van der Waals surface area (Å²) < 4.78 is 11.1. The smallest absolute Gasteiger partial charge is 0.248 e. The van der Waals surface area contributed by atoms with Crippen LogP contribution in [0.4, 0.5) is 5.69 Å². The van der Waals surface area contributed by atoms with Crippen LogP contribution in [-0.2, 0) is 10.2 Å². The van der Waals surface area contributed by atoms with Crippen LogP contribution < -0.4 is 14.8 Å². The number of anilines is 1. The first-order chi connectivity index (χ1) is 13.7. The number of carbonyl (C=O) groups excluding carboxylic acids is 1. The SMILES string of the molecule is CC(C)C/C(=C/C(=O)Nc1ccc2c(c1)OCCO2)c1ccc(C(C)(C)C)cc1. The maximum absolute atomic E-state index is 12.7. The molecule has 0 spiro atoms. The lowest BCUT2D eigenvalue weighted by molar-refractivity contribution is -0.111. The second-order valence-corrected chi connectivity index (χ2v) is 8.94. The molecule has 29 heavy (non-hydrogen) atoms. The molecule has 4 heteroatoms. The minimum Gasteiger partial charge on any atom is -0.486 e. The Kier molecular flexibility index (Phi) is 6.31. The van der Waals surface area contributed by atoms with Crippen LogP contribution in [0.1, 0.15) is 52.2 Å². The van der Waals surface area contributed by atoms with E-state index in [1.807, 2.05) is 12.1 Å². The van der Waals surface area contributed by atoms with Crippen molar-refractivity contribution in [2.24, 2.45) is 5.92 Å². The van der Waals surface area contributed by atoms with Crippen LogP contribution in [0.2, 0.25) is 0 Å². The van der Waals surface area contributed by atoms with E-state index in [1.165, 1.54) is 5.56 Å². The average molecular weight is 394 g/mol. The number of ether oxygens (including phenoxy) is 2. The van der Waals surface area contributed by atoms with Gasteiger partial charge in [-0.1, -0.05) is 58.9 Å². The Bertz CT molecular complexity index is 889. The molecule has 1 heterocycles. The van der Waals surface area contributed by atoms with Crippen molar-refractivity contribution in [1.82, 2.24) is 0 Å². The molecule has 2 aromatic rings. The van der Waals surface area contributed by atoms with Crippen LogP contribution in [0.5, 0.6) is 11.5 Å². The van der Waals surface area contributed by atoms with Crippen LogP contribution in [0, 0.1) is 5.92 Å². The highest BCUT2D eigenvalue weighted by molar-refractivity contribution is 6.04. The molecular formula is C25H31NO3. The van der Waals surface area contributed by atoms with E-state index in [9.17, 15) is 4.79 Å². The topological polar surface area (TPSA) is 47.6 Å². The predicted molar refractivity (Wildman–Crippen MR) is 119 cm³/mol. The number of hydrogen-bond acceptors (Lipinski definition) is 3. The summed E-state index contributed by atoms with van der Waals surface area (Å²) >= 11 is 0. The highest BCUT2D eigenvalue weighted by atomic mass is 16.6. The largest absolute Gasteiger partial charge is 0.486 e. The Morgan fingerprint density at radius 3 is 2.31 bits per heavy atom. The summed E-state index contributed by atoms with van der Waals surface area (Å²) in [6.07, 6.45) is 2.55. The zero-order chi connectivity index (χ0) is 21.0. The van der Waals surface area contributed by atoms with Crippen molar-refractivity contribution in [3.63, 3.8) is 0 Å². The van der Waals surface area contributed by atoms with Gasteiger partial charge in [-0.25, -0.2) is 0 Å². The molecule has 0 bridgehead atoms. The highest BCUT2D eigenvalue weighted by Crippen LogP contribution is 2.33. The predicted octanol–water partition coefficient (Wildman–Crippen LogP) is 5.82. The van der Waals surface area contributed by atoms with Gasteiger partial charge >= 0.3 is 0 Å². The highest BCUT2D eigenvalue weighted by Gasteiger charge is 2.15. The normalized spacial score (nSPS) is 14.1. The quantitative estimate of drug-likeness (QED) is 0.651. The van der Waals surface area contributed by atoms with Gasteiger partial charge in [0.05, 0.1) is 0 Å². The number of fused-ring (bicyclic) bond motifs is 1. The van der Waals surface area contributed by atoms with Crippen molar-refractivity contribution in [3.8, 4) is 11.5 Å². The molecule has 0 aromatic heterocycles. The molecule has 4 nitrogen and oxygen atoms in total. The van der Waals surface area contributed by atoms with Gasteiger partial charge in [0.25, 0.3) is 0 Å². The van der Waals surface area contributed by atoms with E-state index < -0.39 is 0 Å². The van der Waals surface area contributed by atoms with Gasteiger partial charge in [0, 0.05) is 17.8 Å². The van der Waals surface area contributed by atoms with Crippen LogP contribution >= 0.6 is 0 Å². The van der Waals surface area contributed by atoms with E-state index in [4.69, 9.17) is 9.47 Å². The van der Waals surface area contributed by atoms with E-state index in [0.29, 0.717) is 36.3 Å². The summed E-state index contributed by atoms with van der Waals surface area (Å²) in [5.74, 6) is 1.69. The van der Waals surface area contributed by atoms with Gasteiger partial charge in [-0.15, -0.1) is 0 Å². The van der Waals surface area contributed by atoms with Crippen molar-refractivity contribution in [2.45, 2.75) is 46.5 Å². The van der Waals surface area contributed by atoms with Crippen molar-refractivity contribution in [1.29, 1.82) is 0 Å².